The van der Waals surface area contributed by atoms with Crippen molar-refractivity contribution in [3.8, 4) is 11.1 Å². The van der Waals surface area contributed by atoms with Crippen LogP contribution in [0.25, 0.3) is 16.8 Å². The highest BCUT2D eigenvalue weighted by Gasteiger charge is 2.09. The highest BCUT2D eigenvalue weighted by molar-refractivity contribution is 5.88. The number of urea groups is 1. The molecule has 4 aromatic rings. The summed E-state index contributed by atoms with van der Waals surface area (Å²) < 4.78 is 1.84. The molecular weight excluding hydrogens is 384 g/mol. The molecule has 2 amide bonds. The number of anilines is 2. The lowest BCUT2D eigenvalue weighted by atomic mass is 10.1. The van der Waals surface area contributed by atoms with Crippen molar-refractivity contribution in [2.45, 2.75) is 26.3 Å². The Balaban J connectivity index is 1.36. The van der Waals surface area contributed by atoms with Crippen LogP contribution < -0.4 is 16.4 Å². The van der Waals surface area contributed by atoms with Gasteiger partial charge in [0, 0.05) is 30.9 Å². The lowest BCUT2D eigenvalue weighted by Gasteiger charge is -2.03. The van der Waals surface area contributed by atoms with Gasteiger partial charge in [0.25, 0.3) is 0 Å². The van der Waals surface area contributed by atoms with Crippen molar-refractivity contribution in [1.82, 2.24) is 39.9 Å². The SMILES string of the molecule is CC(C)n1nnc(CCNC(=O)Nc2cn3cc(-c4ccc(N)nc4)ccc3n2)n1. The summed E-state index contributed by atoms with van der Waals surface area (Å²) >= 11 is 0. The minimum atomic E-state index is -0.349. The third-order valence-corrected chi connectivity index (χ3v) is 4.38. The number of nitrogens with one attached hydrogen (secondary N) is 2. The van der Waals surface area contributed by atoms with Gasteiger partial charge in [0.1, 0.15) is 11.5 Å². The monoisotopic (exact) mass is 406 g/mol. The summed E-state index contributed by atoms with van der Waals surface area (Å²) in [6.07, 6.45) is 5.88. The molecule has 4 rings (SSSR count). The Morgan fingerprint density at radius 3 is 2.73 bits per heavy atom. The van der Waals surface area contributed by atoms with E-state index in [9.17, 15) is 4.79 Å². The van der Waals surface area contributed by atoms with Gasteiger partial charge in [0.05, 0.1) is 12.2 Å². The minimum Gasteiger partial charge on any atom is -0.384 e. The Hall–Kier alpha value is -4.02. The fourth-order valence-electron chi connectivity index (χ4n) is 2.82. The van der Waals surface area contributed by atoms with Crippen molar-refractivity contribution in [3.63, 3.8) is 0 Å². The van der Waals surface area contributed by atoms with Crippen LogP contribution in [0.2, 0.25) is 0 Å². The molecule has 0 spiro atoms. The molecule has 0 atom stereocenters. The van der Waals surface area contributed by atoms with Crippen LogP contribution in [0.5, 0.6) is 0 Å². The molecule has 154 valence electrons. The molecular formula is C19H22N10O. The zero-order valence-electron chi connectivity index (χ0n) is 16.6. The molecule has 0 fully saturated rings. The maximum atomic E-state index is 12.2. The fraction of sp³-hybridized carbons (Fsp3) is 0.263. The summed E-state index contributed by atoms with van der Waals surface area (Å²) in [5.74, 6) is 1.51. The van der Waals surface area contributed by atoms with Crippen LogP contribution in [-0.4, -0.2) is 47.2 Å². The van der Waals surface area contributed by atoms with Crippen molar-refractivity contribution < 1.29 is 4.79 Å². The number of rotatable bonds is 6. The van der Waals surface area contributed by atoms with Crippen LogP contribution in [0.3, 0.4) is 0 Å². The van der Waals surface area contributed by atoms with Gasteiger partial charge >= 0.3 is 6.03 Å². The molecule has 0 aromatic carbocycles. The van der Waals surface area contributed by atoms with Gasteiger partial charge in [0.15, 0.2) is 11.6 Å². The van der Waals surface area contributed by atoms with Crippen molar-refractivity contribution in [3.05, 3.63) is 48.7 Å². The maximum Gasteiger partial charge on any atom is 0.320 e. The van der Waals surface area contributed by atoms with Crippen LogP contribution >= 0.6 is 0 Å². The number of pyridine rings is 2. The Morgan fingerprint density at radius 2 is 2.00 bits per heavy atom. The van der Waals surface area contributed by atoms with Gasteiger partial charge in [-0.2, -0.15) is 4.80 Å². The predicted molar refractivity (Wildman–Crippen MR) is 112 cm³/mol. The molecule has 0 saturated heterocycles. The number of fused-ring (bicyclic) bond motifs is 1. The average Bonchev–Trinajstić information content (AvgIpc) is 3.34. The molecule has 4 N–H and O–H groups in total. The van der Waals surface area contributed by atoms with Gasteiger partial charge in [-0.15, -0.1) is 10.2 Å². The number of carbonyl (C=O) groups excluding carboxylic acids is 1. The summed E-state index contributed by atoms with van der Waals surface area (Å²) in [6.45, 7) is 4.33. The predicted octanol–water partition coefficient (Wildman–Crippen LogP) is 1.91. The van der Waals surface area contributed by atoms with Gasteiger partial charge < -0.3 is 15.5 Å². The second-order valence-corrected chi connectivity index (χ2v) is 7.03. The zero-order chi connectivity index (χ0) is 21.1. The maximum absolute atomic E-state index is 12.2. The number of nitrogens with two attached hydrogens (primary N) is 1. The van der Waals surface area contributed by atoms with Crippen molar-refractivity contribution in [2.75, 3.05) is 17.6 Å². The third kappa shape index (κ3) is 4.35. The van der Waals surface area contributed by atoms with E-state index in [1.807, 2.05) is 42.6 Å². The normalized spacial score (nSPS) is 11.2. The number of nitrogen functional groups attached to an aromatic ring is 1. The molecule has 4 heterocycles. The van der Waals surface area contributed by atoms with E-state index in [-0.39, 0.29) is 12.1 Å². The molecule has 0 unspecified atom stereocenters. The smallest absolute Gasteiger partial charge is 0.320 e. The van der Waals surface area contributed by atoms with E-state index in [0.717, 1.165) is 11.1 Å². The van der Waals surface area contributed by atoms with Crippen LogP contribution in [0, 0.1) is 0 Å². The Labute approximate surface area is 172 Å². The summed E-state index contributed by atoms with van der Waals surface area (Å²) in [5, 5.41) is 17.7. The van der Waals surface area contributed by atoms with Crippen LogP contribution in [0.1, 0.15) is 25.7 Å². The van der Waals surface area contributed by atoms with Gasteiger partial charge in [-0.25, -0.2) is 14.8 Å². The van der Waals surface area contributed by atoms with Crippen molar-refractivity contribution in [2.24, 2.45) is 0 Å². The highest BCUT2D eigenvalue weighted by atomic mass is 16.2. The first-order valence-electron chi connectivity index (χ1n) is 9.52. The van der Waals surface area contributed by atoms with Gasteiger partial charge in [-0.1, -0.05) is 0 Å². The van der Waals surface area contributed by atoms with E-state index < -0.39 is 0 Å². The lowest BCUT2D eigenvalue weighted by Crippen LogP contribution is -2.30. The topological polar surface area (TPSA) is 141 Å². The van der Waals surface area contributed by atoms with Crippen molar-refractivity contribution in [1.29, 1.82) is 0 Å². The van der Waals surface area contributed by atoms with Crippen LogP contribution in [0.15, 0.2) is 42.9 Å². The fourth-order valence-corrected chi connectivity index (χ4v) is 2.82. The van der Waals surface area contributed by atoms with E-state index in [1.54, 1.807) is 23.3 Å². The second-order valence-electron chi connectivity index (χ2n) is 7.03. The number of hydrogen-bond acceptors (Lipinski definition) is 7. The molecule has 11 nitrogen and oxygen atoms in total. The first kappa shape index (κ1) is 19.3. The molecule has 0 saturated carbocycles. The number of carbonyl (C=O) groups is 1. The third-order valence-electron chi connectivity index (χ3n) is 4.38. The molecule has 30 heavy (non-hydrogen) atoms. The van der Waals surface area contributed by atoms with Crippen molar-refractivity contribution >= 4 is 23.3 Å². The minimum absolute atomic E-state index is 0.148. The number of amides is 2. The Bertz CT molecular complexity index is 1160. The Kier molecular flexibility index (Phi) is 5.24. The molecule has 4 aromatic heterocycles. The number of imidazole rings is 1. The van der Waals surface area contributed by atoms with Gasteiger partial charge in [0.2, 0.25) is 0 Å². The average molecular weight is 406 g/mol. The molecule has 0 bridgehead atoms. The molecule has 0 aliphatic rings. The zero-order valence-corrected chi connectivity index (χ0v) is 16.6. The van der Waals surface area contributed by atoms with E-state index in [2.05, 4.69) is 36.0 Å². The molecule has 0 aliphatic carbocycles. The number of aromatic nitrogens is 7. The Morgan fingerprint density at radius 1 is 1.17 bits per heavy atom. The molecule has 11 heteroatoms. The highest BCUT2D eigenvalue weighted by Crippen LogP contribution is 2.21. The second kappa shape index (κ2) is 8.15. The van der Waals surface area contributed by atoms with E-state index in [1.165, 1.54) is 0 Å². The largest absolute Gasteiger partial charge is 0.384 e. The number of tetrazole rings is 1. The lowest BCUT2D eigenvalue weighted by molar-refractivity contribution is 0.252. The molecule has 0 aliphatic heterocycles. The quantitative estimate of drug-likeness (QED) is 0.444. The molecule has 0 radical (unpaired) electrons. The van der Waals surface area contributed by atoms with E-state index in [4.69, 9.17) is 5.73 Å². The first-order valence-corrected chi connectivity index (χ1v) is 9.52. The summed E-state index contributed by atoms with van der Waals surface area (Å²) in [6, 6.07) is 7.27. The van der Waals surface area contributed by atoms with E-state index >= 15 is 0 Å². The van der Waals surface area contributed by atoms with Gasteiger partial charge in [-0.3, -0.25) is 5.32 Å². The number of nitrogens with zero attached hydrogens (tertiary/aromatic N) is 7. The van der Waals surface area contributed by atoms with Crippen LogP contribution in [0.4, 0.5) is 16.4 Å². The summed E-state index contributed by atoms with van der Waals surface area (Å²) in [5.41, 5.74) is 8.26. The summed E-state index contributed by atoms with van der Waals surface area (Å²) in [7, 11) is 0. The van der Waals surface area contributed by atoms with E-state index in [0.29, 0.717) is 36.1 Å². The first-order chi connectivity index (χ1) is 14.5. The van der Waals surface area contributed by atoms with Crippen LogP contribution in [-0.2, 0) is 6.42 Å². The standard InChI is InChI=1S/C19H22N10O/c1-12(2)29-26-16(25-27-29)7-8-21-19(30)24-17-11-28-10-14(4-6-18(28)23-17)13-3-5-15(20)22-9-13/h3-6,9-12H,7-8H2,1-2H3,(H2,20,22)(H2,21,24,30). The number of hydrogen-bond donors (Lipinski definition) is 3. The summed E-state index contributed by atoms with van der Waals surface area (Å²) in [4.78, 5) is 22.2. The van der Waals surface area contributed by atoms with Gasteiger partial charge in [-0.05, 0) is 48.9 Å².